The number of hydrogen-bond acceptors (Lipinski definition) is 2. The monoisotopic (exact) mass is 300 g/mol. The van der Waals surface area contributed by atoms with Gasteiger partial charge in [-0.1, -0.05) is 26.0 Å². The molecule has 1 aromatic rings. The molecule has 0 aromatic heterocycles. The lowest BCUT2D eigenvalue weighted by Gasteiger charge is -2.18. The van der Waals surface area contributed by atoms with Crippen molar-refractivity contribution in [1.82, 2.24) is 10.2 Å². The zero-order valence-corrected chi connectivity index (χ0v) is 12.1. The number of nitrogens with one attached hydrogen (secondary N) is 1. The summed E-state index contributed by atoms with van der Waals surface area (Å²) in [5.41, 5.74) is 0.0416. The average molecular weight is 300 g/mol. The van der Waals surface area contributed by atoms with E-state index in [4.69, 9.17) is 0 Å². The van der Waals surface area contributed by atoms with Crippen LogP contribution in [0, 0.1) is 0 Å². The molecule has 1 atom stereocenters. The van der Waals surface area contributed by atoms with Crippen LogP contribution >= 0.6 is 0 Å². The molecule has 1 saturated heterocycles. The van der Waals surface area contributed by atoms with Crippen LogP contribution in [-0.2, 0) is 17.5 Å². The maximum Gasteiger partial charge on any atom is 0.416 e. The summed E-state index contributed by atoms with van der Waals surface area (Å²) in [4.78, 5) is 13.8. The first-order valence-electron chi connectivity index (χ1n) is 6.98. The van der Waals surface area contributed by atoms with Crippen LogP contribution < -0.4 is 5.32 Å². The number of likely N-dealkylation sites (tertiary alicyclic amines) is 1. The number of nitrogens with zero attached hydrogens (tertiary/aromatic N) is 1. The van der Waals surface area contributed by atoms with Crippen molar-refractivity contribution in [2.24, 2.45) is 0 Å². The molecule has 1 unspecified atom stereocenters. The van der Waals surface area contributed by atoms with E-state index < -0.39 is 11.7 Å². The van der Waals surface area contributed by atoms with Crippen molar-refractivity contribution in [3.63, 3.8) is 0 Å². The summed E-state index contributed by atoms with van der Waals surface area (Å²) in [6, 6.07) is 5.02. The van der Waals surface area contributed by atoms with E-state index in [1.54, 1.807) is 4.90 Å². The SMILES string of the molecule is CC(C)NC1CCN(Cc2ccc(C(F)(F)F)cc2)C1=O. The molecule has 0 spiro atoms. The van der Waals surface area contributed by atoms with Gasteiger partial charge in [0.05, 0.1) is 11.6 Å². The number of hydrogen-bond donors (Lipinski definition) is 1. The number of carbonyl (C=O) groups excluding carboxylic acids is 1. The lowest BCUT2D eigenvalue weighted by molar-refractivity contribution is -0.137. The van der Waals surface area contributed by atoms with E-state index in [2.05, 4.69) is 5.32 Å². The second-order valence-corrected chi connectivity index (χ2v) is 5.62. The number of halogens is 3. The van der Waals surface area contributed by atoms with Crippen LogP contribution in [-0.4, -0.2) is 29.4 Å². The van der Waals surface area contributed by atoms with Crippen LogP contribution in [0.5, 0.6) is 0 Å². The number of rotatable bonds is 4. The fourth-order valence-electron chi connectivity index (χ4n) is 2.47. The number of amides is 1. The molecule has 116 valence electrons. The van der Waals surface area contributed by atoms with Crippen LogP contribution in [0.25, 0.3) is 0 Å². The molecule has 1 aliphatic rings. The van der Waals surface area contributed by atoms with Gasteiger partial charge in [0.25, 0.3) is 0 Å². The van der Waals surface area contributed by atoms with Gasteiger partial charge in [0.1, 0.15) is 0 Å². The van der Waals surface area contributed by atoms with E-state index >= 15 is 0 Å². The van der Waals surface area contributed by atoms with Gasteiger partial charge in [-0.15, -0.1) is 0 Å². The van der Waals surface area contributed by atoms with Crippen LogP contribution in [0.1, 0.15) is 31.4 Å². The maximum atomic E-state index is 12.5. The fraction of sp³-hybridized carbons (Fsp3) is 0.533. The van der Waals surface area contributed by atoms with Gasteiger partial charge < -0.3 is 10.2 Å². The topological polar surface area (TPSA) is 32.3 Å². The molecule has 1 heterocycles. The molecule has 1 aliphatic heterocycles. The third-order valence-corrected chi connectivity index (χ3v) is 3.49. The standard InChI is InChI=1S/C15H19F3N2O/c1-10(2)19-13-7-8-20(14(13)21)9-11-3-5-12(6-4-11)15(16,17)18/h3-6,10,13,19H,7-9H2,1-2H3. The van der Waals surface area contributed by atoms with Crippen molar-refractivity contribution in [2.75, 3.05) is 6.54 Å². The van der Waals surface area contributed by atoms with Gasteiger partial charge in [-0.3, -0.25) is 4.79 Å². The van der Waals surface area contributed by atoms with Gasteiger partial charge in [0.15, 0.2) is 0 Å². The molecule has 0 saturated carbocycles. The second kappa shape index (κ2) is 6.05. The van der Waals surface area contributed by atoms with E-state index in [9.17, 15) is 18.0 Å². The molecular formula is C15H19F3N2O. The predicted molar refractivity (Wildman–Crippen MR) is 73.5 cm³/mol. The maximum absolute atomic E-state index is 12.5. The highest BCUT2D eigenvalue weighted by atomic mass is 19.4. The van der Waals surface area contributed by atoms with Crippen molar-refractivity contribution in [3.05, 3.63) is 35.4 Å². The quantitative estimate of drug-likeness (QED) is 0.927. The Morgan fingerprint density at radius 3 is 2.43 bits per heavy atom. The molecule has 6 heteroatoms. The molecule has 1 fully saturated rings. The minimum absolute atomic E-state index is 0.0172. The largest absolute Gasteiger partial charge is 0.416 e. The average Bonchev–Trinajstić information content (AvgIpc) is 2.70. The third kappa shape index (κ3) is 3.97. The highest BCUT2D eigenvalue weighted by molar-refractivity contribution is 5.84. The van der Waals surface area contributed by atoms with Gasteiger partial charge in [0, 0.05) is 19.1 Å². The van der Waals surface area contributed by atoms with E-state index in [0.29, 0.717) is 18.7 Å². The summed E-state index contributed by atoms with van der Waals surface area (Å²) in [6.07, 6.45) is -3.59. The summed E-state index contributed by atoms with van der Waals surface area (Å²) in [5.74, 6) is 0.0172. The molecule has 1 amide bonds. The first-order valence-corrected chi connectivity index (χ1v) is 6.98. The highest BCUT2D eigenvalue weighted by Gasteiger charge is 2.32. The fourth-order valence-corrected chi connectivity index (χ4v) is 2.47. The van der Waals surface area contributed by atoms with Crippen molar-refractivity contribution in [2.45, 2.75) is 45.1 Å². The van der Waals surface area contributed by atoms with Gasteiger partial charge in [-0.05, 0) is 24.1 Å². The lowest BCUT2D eigenvalue weighted by atomic mass is 10.1. The zero-order valence-electron chi connectivity index (χ0n) is 12.1. The van der Waals surface area contributed by atoms with Crippen LogP contribution in [0.4, 0.5) is 13.2 Å². The molecule has 2 rings (SSSR count). The Balaban J connectivity index is 1.98. The first kappa shape index (κ1) is 15.8. The minimum atomic E-state index is -4.33. The summed E-state index contributed by atoms with van der Waals surface area (Å²) >= 11 is 0. The smallest absolute Gasteiger partial charge is 0.337 e. The summed E-state index contributed by atoms with van der Waals surface area (Å²) in [6.45, 7) is 4.94. The van der Waals surface area contributed by atoms with Crippen LogP contribution in [0.15, 0.2) is 24.3 Å². The van der Waals surface area contributed by atoms with Crippen molar-refractivity contribution < 1.29 is 18.0 Å². The van der Waals surface area contributed by atoms with E-state index in [-0.39, 0.29) is 18.0 Å². The Morgan fingerprint density at radius 1 is 1.29 bits per heavy atom. The molecule has 3 nitrogen and oxygen atoms in total. The van der Waals surface area contributed by atoms with Gasteiger partial charge in [-0.25, -0.2) is 0 Å². The zero-order chi connectivity index (χ0) is 15.6. The Labute approximate surface area is 122 Å². The van der Waals surface area contributed by atoms with Crippen molar-refractivity contribution in [3.8, 4) is 0 Å². The Kier molecular flexibility index (Phi) is 4.56. The minimum Gasteiger partial charge on any atom is -0.337 e. The molecule has 1 N–H and O–H groups in total. The van der Waals surface area contributed by atoms with Crippen molar-refractivity contribution >= 4 is 5.91 Å². The Bertz CT molecular complexity index is 497. The number of carbonyl (C=O) groups is 1. The Morgan fingerprint density at radius 2 is 1.90 bits per heavy atom. The molecule has 1 aromatic carbocycles. The normalized spacial score (nSPS) is 19.6. The molecule has 0 radical (unpaired) electrons. The van der Waals surface area contributed by atoms with Crippen LogP contribution in [0.3, 0.4) is 0 Å². The van der Waals surface area contributed by atoms with E-state index in [0.717, 1.165) is 18.6 Å². The number of benzene rings is 1. The highest BCUT2D eigenvalue weighted by Crippen LogP contribution is 2.29. The van der Waals surface area contributed by atoms with Crippen molar-refractivity contribution in [1.29, 1.82) is 0 Å². The lowest BCUT2D eigenvalue weighted by Crippen LogP contribution is -2.41. The van der Waals surface area contributed by atoms with E-state index in [1.807, 2.05) is 13.8 Å². The van der Waals surface area contributed by atoms with Gasteiger partial charge in [-0.2, -0.15) is 13.2 Å². The van der Waals surface area contributed by atoms with Gasteiger partial charge >= 0.3 is 6.18 Å². The third-order valence-electron chi connectivity index (χ3n) is 3.49. The molecule has 21 heavy (non-hydrogen) atoms. The van der Waals surface area contributed by atoms with E-state index in [1.165, 1.54) is 12.1 Å². The molecule has 0 bridgehead atoms. The Hall–Kier alpha value is -1.56. The summed E-state index contributed by atoms with van der Waals surface area (Å²) < 4.78 is 37.5. The predicted octanol–water partition coefficient (Wildman–Crippen LogP) is 2.80. The summed E-state index contributed by atoms with van der Waals surface area (Å²) in [7, 11) is 0. The van der Waals surface area contributed by atoms with Crippen LogP contribution in [0.2, 0.25) is 0 Å². The molecular weight excluding hydrogens is 281 g/mol. The number of alkyl halides is 3. The summed E-state index contributed by atoms with van der Waals surface area (Å²) in [5, 5.41) is 3.20. The first-order chi connectivity index (χ1) is 9.77. The van der Waals surface area contributed by atoms with Gasteiger partial charge in [0.2, 0.25) is 5.91 Å². The molecule has 0 aliphatic carbocycles. The second-order valence-electron chi connectivity index (χ2n) is 5.62.